The highest BCUT2D eigenvalue weighted by molar-refractivity contribution is 7.89. The van der Waals surface area contributed by atoms with E-state index in [0.717, 1.165) is 5.69 Å². The summed E-state index contributed by atoms with van der Waals surface area (Å²) in [5.41, 5.74) is 0.740. The van der Waals surface area contributed by atoms with Crippen LogP contribution in [0.3, 0.4) is 0 Å². The Balaban J connectivity index is 1.41. The minimum Gasteiger partial charge on any atom is -0.383 e. The molecule has 1 saturated heterocycles. The SMILES string of the molecule is O=C(NCCNc1ccc([N+](=O)[O-])cc1)C1CCN(S(=O)(=O)c2ccc(Cl)cc2)CC1. The molecule has 0 aliphatic carbocycles. The van der Waals surface area contributed by atoms with Gasteiger partial charge in [-0.25, -0.2) is 8.42 Å². The molecule has 31 heavy (non-hydrogen) atoms. The molecule has 1 amide bonds. The summed E-state index contributed by atoms with van der Waals surface area (Å²) in [5.74, 6) is -0.343. The molecule has 0 saturated carbocycles. The second-order valence-electron chi connectivity index (χ2n) is 7.15. The maximum Gasteiger partial charge on any atom is 0.269 e. The number of non-ortho nitro benzene ring substituents is 1. The molecule has 9 nitrogen and oxygen atoms in total. The Bertz CT molecular complexity index is 1020. The van der Waals surface area contributed by atoms with Crippen LogP contribution in [0, 0.1) is 16.0 Å². The minimum atomic E-state index is -3.60. The van der Waals surface area contributed by atoms with Crippen molar-refractivity contribution in [2.45, 2.75) is 17.7 Å². The topological polar surface area (TPSA) is 122 Å². The first-order chi connectivity index (χ1) is 14.8. The van der Waals surface area contributed by atoms with Crippen LogP contribution in [0.15, 0.2) is 53.4 Å². The number of hydrogen-bond donors (Lipinski definition) is 2. The lowest BCUT2D eigenvalue weighted by molar-refractivity contribution is -0.384. The normalized spacial score (nSPS) is 15.4. The van der Waals surface area contributed by atoms with Crippen LogP contribution >= 0.6 is 11.6 Å². The molecule has 0 unspecified atom stereocenters. The monoisotopic (exact) mass is 466 g/mol. The lowest BCUT2D eigenvalue weighted by Crippen LogP contribution is -2.43. The fourth-order valence-corrected chi connectivity index (χ4v) is 4.95. The van der Waals surface area contributed by atoms with Gasteiger partial charge in [-0.05, 0) is 49.2 Å². The molecule has 0 atom stereocenters. The lowest BCUT2D eigenvalue weighted by atomic mass is 9.97. The van der Waals surface area contributed by atoms with Crippen molar-refractivity contribution in [3.05, 3.63) is 63.7 Å². The summed E-state index contributed by atoms with van der Waals surface area (Å²) in [4.78, 5) is 22.8. The number of halogens is 1. The summed E-state index contributed by atoms with van der Waals surface area (Å²) in [6.45, 7) is 1.42. The van der Waals surface area contributed by atoms with Crippen molar-refractivity contribution in [1.29, 1.82) is 0 Å². The lowest BCUT2D eigenvalue weighted by Gasteiger charge is -2.30. The third-order valence-corrected chi connectivity index (χ3v) is 7.27. The summed E-state index contributed by atoms with van der Waals surface area (Å²) in [7, 11) is -3.60. The van der Waals surface area contributed by atoms with Crippen LogP contribution in [0.25, 0.3) is 0 Å². The fourth-order valence-electron chi connectivity index (χ4n) is 3.35. The molecule has 0 spiro atoms. The van der Waals surface area contributed by atoms with Crippen LogP contribution in [0.1, 0.15) is 12.8 Å². The average Bonchev–Trinajstić information content (AvgIpc) is 2.77. The number of anilines is 1. The van der Waals surface area contributed by atoms with E-state index in [1.165, 1.54) is 28.6 Å². The highest BCUT2D eigenvalue weighted by Crippen LogP contribution is 2.25. The predicted octanol–water partition coefficient (Wildman–Crippen LogP) is 2.88. The average molecular weight is 467 g/mol. The number of benzene rings is 2. The summed E-state index contributed by atoms with van der Waals surface area (Å²) in [6.07, 6.45) is 0.906. The van der Waals surface area contributed by atoms with Gasteiger partial charge in [0.2, 0.25) is 15.9 Å². The summed E-state index contributed by atoms with van der Waals surface area (Å²) < 4.78 is 26.8. The van der Waals surface area contributed by atoms with Gasteiger partial charge in [-0.3, -0.25) is 14.9 Å². The summed E-state index contributed by atoms with van der Waals surface area (Å²) in [6, 6.07) is 12.1. The van der Waals surface area contributed by atoms with Crippen LogP contribution in [-0.2, 0) is 14.8 Å². The Morgan fingerprint density at radius 3 is 2.26 bits per heavy atom. The van der Waals surface area contributed by atoms with E-state index in [2.05, 4.69) is 10.6 Å². The molecule has 1 fully saturated rings. The molecule has 166 valence electrons. The van der Waals surface area contributed by atoms with E-state index < -0.39 is 14.9 Å². The largest absolute Gasteiger partial charge is 0.383 e. The van der Waals surface area contributed by atoms with Gasteiger partial charge in [0, 0.05) is 54.9 Å². The van der Waals surface area contributed by atoms with Crippen molar-refractivity contribution in [3.63, 3.8) is 0 Å². The Morgan fingerprint density at radius 2 is 1.68 bits per heavy atom. The van der Waals surface area contributed by atoms with Crippen molar-refractivity contribution in [1.82, 2.24) is 9.62 Å². The van der Waals surface area contributed by atoms with Crippen molar-refractivity contribution in [2.75, 3.05) is 31.5 Å². The Kier molecular flexibility index (Phi) is 7.47. The maximum atomic E-state index is 12.7. The second-order valence-corrected chi connectivity index (χ2v) is 9.53. The van der Waals surface area contributed by atoms with Gasteiger partial charge in [0.15, 0.2) is 0 Å². The highest BCUT2D eigenvalue weighted by atomic mass is 35.5. The summed E-state index contributed by atoms with van der Waals surface area (Å²) >= 11 is 5.82. The molecule has 2 aromatic carbocycles. The molecule has 11 heteroatoms. The quantitative estimate of drug-likeness (QED) is 0.350. The zero-order valence-corrected chi connectivity index (χ0v) is 18.2. The molecule has 2 N–H and O–H groups in total. The van der Waals surface area contributed by atoms with E-state index in [4.69, 9.17) is 11.6 Å². The van der Waals surface area contributed by atoms with Gasteiger partial charge < -0.3 is 10.6 Å². The van der Waals surface area contributed by atoms with Gasteiger partial charge in [-0.1, -0.05) is 11.6 Å². The fraction of sp³-hybridized carbons (Fsp3) is 0.350. The standard InChI is InChI=1S/C20H23ClN4O5S/c21-16-1-7-19(8-2-16)31(29,30)24-13-9-15(10-14-24)20(26)23-12-11-22-17-3-5-18(6-4-17)25(27)28/h1-8,15,22H,9-14H2,(H,23,26). The number of carbonyl (C=O) groups excluding carboxylic acids is 1. The number of amides is 1. The zero-order chi connectivity index (χ0) is 22.4. The Morgan fingerprint density at radius 1 is 1.06 bits per heavy atom. The first-order valence-corrected chi connectivity index (χ1v) is 11.6. The van der Waals surface area contributed by atoms with E-state index >= 15 is 0 Å². The van der Waals surface area contributed by atoms with E-state index in [-0.39, 0.29) is 35.5 Å². The van der Waals surface area contributed by atoms with E-state index in [9.17, 15) is 23.3 Å². The number of sulfonamides is 1. The first kappa shape index (κ1) is 23.0. The number of nitrogens with zero attached hydrogens (tertiary/aromatic N) is 2. The van der Waals surface area contributed by atoms with E-state index in [1.807, 2.05) is 0 Å². The maximum absolute atomic E-state index is 12.7. The van der Waals surface area contributed by atoms with Crippen LogP contribution in [0.5, 0.6) is 0 Å². The van der Waals surface area contributed by atoms with Crippen molar-refractivity contribution in [3.8, 4) is 0 Å². The molecule has 1 aliphatic heterocycles. The molecule has 1 aliphatic rings. The summed E-state index contributed by atoms with van der Waals surface area (Å²) in [5, 5.41) is 17.1. The predicted molar refractivity (Wildman–Crippen MR) is 118 cm³/mol. The zero-order valence-electron chi connectivity index (χ0n) is 16.7. The van der Waals surface area contributed by atoms with Gasteiger partial charge in [0.05, 0.1) is 9.82 Å². The first-order valence-electron chi connectivity index (χ1n) is 9.79. The van der Waals surface area contributed by atoms with Crippen LogP contribution < -0.4 is 10.6 Å². The third kappa shape index (κ3) is 5.93. The molecular weight excluding hydrogens is 444 g/mol. The molecule has 0 aromatic heterocycles. The van der Waals surface area contributed by atoms with Crippen molar-refractivity contribution >= 4 is 38.9 Å². The van der Waals surface area contributed by atoms with Crippen molar-refractivity contribution < 1.29 is 18.1 Å². The van der Waals surface area contributed by atoms with E-state index in [1.54, 1.807) is 24.3 Å². The number of rotatable bonds is 8. The molecule has 0 radical (unpaired) electrons. The number of nitro groups is 1. The number of nitro benzene ring substituents is 1. The number of carbonyl (C=O) groups is 1. The molecule has 1 heterocycles. The van der Waals surface area contributed by atoms with Gasteiger partial charge in [-0.2, -0.15) is 4.31 Å². The van der Waals surface area contributed by atoms with Crippen LogP contribution in [-0.4, -0.2) is 49.7 Å². The van der Waals surface area contributed by atoms with Gasteiger partial charge in [0.1, 0.15) is 0 Å². The molecule has 3 rings (SSSR count). The van der Waals surface area contributed by atoms with E-state index in [0.29, 0.717) is 31.0 Å². The van der Waals surface area contributed by atoms with Crippen LogP contribution in [0.2, 0.25) is 5.02 Å². The van der Waals surface area contributed by atoms with Crippen LogP contribution in [0.4, 0.5) is 11.4 Å². The second kappa shape index (κ2) is 10.1. The smallest absolute Gasteiger partial charge is 0.269 e. The number of hydrogen-bond acceptors (Lipinski definition) is 6. The molecule has 0 bridgehead atoms. The minimum absolute atomic E-state index is 0.0169. The third-order valence-electron chi connectivity index (χ3n) is 5.11. The molecular formula is C20H23ClN4O5S. The highest BCUT2D eigenvalue weighted by Gasteiger charge is 2.31. The van der Waals surface area contributed by atoms with Gasteiger partial charge in [-0.15, -0.1) is 0 Å². The number of nitrogens with one attached hydrogen (secondary N) is 2. The van der Waals surface area contributed by atoms with Gasteiger partial charge in [0.25, 0.3) is 5.69 Å². The number of piperidine rings is 1. The van der Waals surface area contributed by atoms with Gasteiger partial charge >= 0.3 is 0 Å². The Labute approximate surface area is 185 Å². The molecule has 2 aromatic rings. The Hall–Kier alpha value is -2.69. The van der Waals surface area contributed by atoms with Crippen molar-refractivity contribution in [2.24, 2.45) is 5.92 Å².